The van der Waals surface area contributed by atoms with E-state index in [0.29, 0.717) is 18.5 Å². The summed E-state index contributed by atoms with van der Waals surface area (Å²) in [4.78, 5) is 37.9. The van der Waals surface area contributed by atoms with Gasteiger partial charge < -0.3 is 23.8 Å². The van der Waals surface area contributed by atoms with Crippen LogP contribution in [0.3, 0.4) is 0 Å². The molecule has 0 spiro atoms. The molecule has 8 nitrogen and oxygen atoms in total. The second-order valence-corrected chi connectivity index (χ2v) is 10.4. The summed E-state index contributed by atoms with van der Waals surface area (Å²) in [5.41, 5.74) is -0.519. The van der Waals surface area contributed by atoms with Crippen LogP contribution in [-0.4, -0.2) is 64.7 Å². The number of piperidine rings is 1. The minimum absolute atomic E-state index is 0.0777. The predicted molar refractivity (Wildman–Crippen MR) is 115 cm³/mol. The Morgan fingerprint density at radius 3 is 2.23 bits per heavy atom. The standard InChI is InChI=1S/C21H35NO7S/c1-14(2)27-19(25)26-13-30-16-9-10-22(18(24)29-21(6,7)8)12-15(16)11-17(23)28-20(3,4)5/h11,14,16H,9-10,12-13H2,1-8H3/b15-11-. The zero-order chi connectivity index (χ0) is 23.1. The third kappa shape index (κ3) is 10.8. The van der Waals surface area contributed by atoms with Crippen molar-refractivity contribution in [1.82, 2.24) is 4.90 Å². The highest BCUT2D eigenvalue weighted by Gasteiger charge is 2.31. The fourth-order valence-electron chi connectivity index (χ4n) is 2.54. The number of hydrogen-bond acceptors (Lipinski definition) is 8. The van der Waals surface area contributed by atoms with E-state index in [4.69, 9.17) is 18.9 Å². The number of nitrogens with zero attached hydrogens (tertiary/aromatic N) is 1. The van der Waals surface area contributed by atoms with Gasteiger partial charge in [-0.1, -0.05) is 0 Å². The summed E-state index contributed by atoms with van der Waals surface area (Å²) in [6.45, 7) is 15.0. The van der Waals surface area contributed by atoms with Crippen LogP contribution in [0.4, 0.5) is 9.59 Å². The molecule has 30 heavy (non-hydrogen) atoms. The van der Waals surface area contributed by atoms with Gasteiger partial charge in [-0.2, -0.15) is 0 Å². The van der Waals surface area contributed by atoms with Gasteiger partial charge in [0.1, 0.15) is 17.1 Å². The Morgan fingerprint density at radius 1 is 1.10 bits per heavy atom. The summed E-state index contributed by atoms with van der Waals surface area (Å²) in [5.74, 6) is -0.400. The van der Waals surface area contributed by atoms with E-state index in [1.54, 1.807) is 60.3 Å². The molecule has 0 aromatic heterocycles. The van der Waals surface area contributed by atoms with Gasteiger partial charge in [-0.3, -0.25) is 0 Å². The number of esters is 1. The zero-order valence-electron chi connectivity index (χ0n) is 19.3. The van der Waals surface area contributed by atoms with Gasteiger partial charge in [-0.05, 0) is 67.4 Å². The van der Waals surface area contributed by atoms with E-state index >= 15 is 0 Å². The van der Waals surface area contributed by atoms with E-state index in [2.05, 4.69) is 0 Å². The molecular formula is C21H35NO7S. The van der Waals surface area contributed by atoms with E-state index < -0.39 is 29.4 Å². The number of amides is 1. The SMILES string of the molecule is CC(C)OC(=O)OCSC1CCN(C(=O)OC(C)(C)C)C/C1=C/C(=O)OC(C)(C)C. The molecule has 1 heterocycles. The van der Waals surface area contributed by atoms with Gasteiger partial charge in [0.05, 0.1) is 6.10 Å². The number of likely N-dealkylation sites (tertiary alicyclic amines) is 1. The number of thioether (sulfide) groups is 1. The molecule has 0 bridgehead atoms. The molecule has 1 atom stereocenters. The Kier molecular flexibility index (Phi) is 9.52. The van der Waals surface area contributed by atoms with E-state index in [1.807, 2.05) is 0 Å². The first kappa shape index (κ1) is 26.1. The summed E-state index contributed by atoms with van der Waals surface area (Å²) >= 11 is 1.37. The van der Waals surface area contributed by atoms with Crippen LogP contribution in [0.15, 0.2) is 11.6 Å². The lowest BCUT2D eigenvalue weighted by Gasteiger charge is -2.35. The molecule has 1 rings (SSSR count). The molecule has 1 saturated heterocycles. The fourth-order valence-corrected chi connectivity index (χ4v) is 3.50. The maximum absolute atomic E-state index is 12.5. The van der Waals surface area contributed by atoms with Crippen LogP contribution in [0.1, 0.15) is 61.8 Å². The molecule has 0 aliphatic carbocycles. The lowest BCUT2D eigenvalue weighted by molar-refractivity contribution is -0.148. The minimum Gasteiger partial charge on any atom is -0.457 e. The lowest BCUT2D eigenvalue weighted by Crippen LogP contribution is -2.44. The summed E-state index contributed by atoms with van der Waals surface area (Å²) in [7, 11) is 0. The second-order valence-electron chi connectivity index (χ2n) is 9.28. The molecule has 0 aromatic carbocycles. The molecular weight excluding hydrogens is 410 g/mol. The highest BCUT2D eigenvalue weighted by Crippen LogP contribution is 2.29. The fraction of sp³-hybridized carbons (Fsp3) is 0.762. The minimum atomic E-state index is -0.735. The first-order chi connectivity index (χ1) is 13.7. The molecule has 1 aliphatic heterocycles. The third-order valence-corrected chi connectivity index (χ3v) is 4.78. The predicted octanol–water partition coefficient (Wildman–Crippen LogP) is 4.52. The maximum atomic E-state index is 12.5. The Hall–Kier alpha value is -1.90. The summed E-state index contributed by atoms with van der Waals surface area (Å²) in [6.07, 6.45) is 0.578. The number of hydrogen-bond donors (Lipinski definition) is 0. The van der Waals surface area contributed by atoms with Gasteiger partial charge >= 0.3 is 18.2 Å². The van der Waals surface area contributed by atoms with Crippen molar-refractivity contribution in [2.24, 2.45) is 0 Å². The Labute approximate surface area is 183 Å². The molecule has 1 aliphatic rings. The van der Waals surface area contributed by atoms with Crippen LogP contribution in [0.25, 0.3) is 0 Å². The molecule has 0 N–H and O–H groups in total. The first-order valence-electron chi connectivity index (χ1n) is 10.0. The van der Waals surface area contributed by atoms with Crippen molar-refractivity contribution < 1.29 is 33.3 Å². The van der Waals surface area contributed by atoms with Crippen molar-refractivity contribution in [3.63, 3.8) is 0 Å². The normalized spacial score (nSPS) is 18.9. The highest BCUT2D eigenvalue weighted by molar-refractivity contribution is 7.99. The van der Waals surface area contributed by atoms with Crippen molar-refractivity contribution in [3.05, 3.63) is 11.6 Å². The Bertz CT molecular complexity index is 647. The average Bonchev–Trinajstić information content (AvgIpc) is 2.51. The molecule has 0 saturated carbocycles. The lowest BCUT2D eigenvalue weighted by atomic mass is 10.0. The van der Waals surface area contributed by atoms with Gasteiger partial charge in [0, 0.05) is 24.4 Å². The van der Waals surface area contributed by atoms with Crippen molar-refractivity contribution >= 4 is 30.0 Å². The summed E-state index contributed by atoms with van der Waals surface area (Å²) < 4.78 is 20.9. The molecule has 1 unspecified atom stereocenters. The topological polar surface area (TPSA) is 91.4 Å². The molecule has 0 aromatic rings. The second kappa shape index (κ2) is 10.9. The maximum Gasteiger partial charge on any atom is 0.509 e. The van der Waals surface area contributed by atoms with E-state index in [0.717, 1.165) is 0 Å². The molecule has 172 valence electrons. The molecule has 0 radical (unpaired) electrons. The monoisotopic (exact) mass is 445 g/mol. The molecule has 1 amide bonds. The van der Waals surface area contributed by atoms with Gasteiger partial charge in [0.2, 0.25) is 0 Å². The third-order valence-electron chi connectivity index (χ3n) is 3.59. The van der Waals surface area contributed by atoms with Crippen LogP contribution < -0.4 is 0 Å². The van der Waals surface area contributed by atoms with Crippen LogP contribution in [-0.2, 0) is 23.7 Å². The van der Waals surface area contributed by atoms with Gasteiger partial charge in [0.25, 0.3) is 0 Å². The first-order valence-corrected chi connectivity index (χ1v) is 11.1. The van der Waals surface area contributed by atoms with E-state index in [9.17, 15) is 14.4 Å². The van der Waals surface area contributed by atoms with Crippen molar-refractivity contribution in [3.8, 4) is 0 Å². The van der Waals surface area contributed by atoms with Gasteiger partial charge in [0.15, 0.2) is 0 Å². The largest absolute Gasteiger partial charge is 0.509 e. The zero-order valence-corrected chi connectivity index (χ0v) is 20.1. The van der Waals surface area contributed by atoms with Gasteiger partial charge in [-0.25, -0.2) is 14.4 Å². The number of rotatable bonds is 5. The van der Waals surface area contributed by atoms with Crippen LogP contribution in [0.2, 0.25) is 0 Å². The van der Waals surface area contributed by atoms with Crippen LogP contribution in [0, 0.1) is 0 Å². The Morgan fingerprint density at radius 2 is 1.70 bits per heavy atom. The van der Waals surface area contributed by atoms with Crippen molar-refractivity contribution in [1.29, 1.82) is 0 Å². The van der Waals surface area contributed by atoms with Crippen molar-refractivity contribution in [2.45, 2.75) is 84.4 Å². The van der Waals surface area contributed by atoms with E-state index in [1.165, 1.54) is 17.8 Å². The number of carbonyl (C=O) groups excluding carboxylic acids is 3. The van der Waals surface area contributed by atoms with Crippen LogP contribution >= 0.6 is 11.8 Å². The van der Waals surface area contributed by atoms with Crippen LogP contribution in [0.5, 0.6) is 0 Å². The quantitative estimate of drug-likeness (QED) is 0.264. The smallest absolute Gasteiger partial charge is 0.457 e. The highest BCUT2D eigenvalue weighted by atomic mass is 32.2. The average molecular weight is 446 g/mol. The summed E-state index contributed by atoms with van der Waals surface area (Å²) in [6, 6.07) is 0. The van der Waals surface area contributed by atoms with Gasteiger partial charge in [-0.15, -0.1) is 11.8 Å². The van der Waals surface area contributed by atoms with E-state index in [-0.39, 0.29) is 23.8 Å². The van der Waals surface area contributed by atoms with Crippen molar-refractivity contribution in [2.75, 3.05) is 19.0 Å². The number of carbonyl (C=O) groups is 3. The Balaban J connectivity index is 2.84. The molecule has 1 fully saturated rings. The molecule has 9 heteroatoms. The number of ether oxygens (including phenoxy) is 4. The summed E-state index contributed by atoms with van der Waals surface area (Å²) in [5, 5.41) is -0.108.